The molecule has 0 bridgehead atoms. The summed E-state index contributed by atoms with van der Waals surface area (Å²) in [5.74, 6) is 1.38. The standard InChI is InChI=1S/C19H29N5O2/c1-22-6-2-7-23(11-10-22)18-16-3-8-24(9-4-17(16)20-14-21-18)19(25)15-5-12-26-13-15/h14-15H,2-13H2,1H3. The van der Waals surface area contributed by atoms with Gasteiger partial charge >= 0.3 is 0 Å². The Morgan fingerprint density at radius 2 is 2.00 bits per heavy atom. The van der Waals surface area contributed by atoms with E-state index in [1.165, 1.54) is 5.56 Å². The van der Waals surface area contributed by atoms with Gasteiger partial charge in [0.05, 0.1) is 18.2 Å². The van der Waals surface area contributed by atoms with Crippen LogP contribution in [0, 0.1) is 5.92 Å². The topological polar surface area (TPSA) is 61.8 Å². The Balaban J connectivity index is 1.50. The van der Waals surface area contributed by atoms with Crippen LogP contribution in [0.5, 0.6) is 0 Å². The van der Waals surface area contributed by atoms with E-state index in [1.54, 1.807) is 6.33 Å². The molecule has 4 heterocycles. The van der Waals surface area contributed by atoms with Gasteiger partial charge in [0, 0.05) is 51.3 Å². The van der Waals surface area contributed by atoms with Crippen LogP contribution in [0.1, 0.15) is 24.1 Å². The van der Waals surface area contributed by atoms with E-state index in [0.29, 0.717) is 13.2 Å². The quantitative estimate of drug-likeness (QED) is 0.770. The Morgan fingerprint density at radius 1 is 1.12 bits per heavy atom. The third-order valence-corrected chi connectivity index (χ3v) is 5.87. The van der Waals surface area contributed by atoms with E-state index in [2.05, 4.69) is 26.8 Å². The number of rotatable bonds is 2. The van der Waals surface area contributed by atoms with E-state index in [0.717, 1.165) is 76.5 Å². The molecule has 7 nitrogen and oxygen atoms in total. The van der Waals surface area contributed by atoms with Crippen molar-refractivity contribution >= 4 is 11.7 Å². The fourth-order valence-corrected chi connectivity index (χ4v) is 4.25. The minimum absolute atomic E-state index is 0.0444. The number of likely N-dealkylation sites (N-methyl/N-ethyl adjacent to an activating group) is 1. The minimum Gasteiger partial charge on any atom is -0.381 e. The minimum atomic E-state index is 0.0444. The van der Waals surface area contributed by atoms with Gasteiger partial charge in [-0.25, -0.2) is 9.97 Å². The molecule has 1 aromatic rings. The van der Waals surface area contributed by atoms with Crippen molar-refractivity contribution < 1.29 is 9.53 Å². The largest absolute Gasteiger partial charge is 0.381 e. The lowest BCUT2D eigenvalue weighted by Crippen LogP contribution is -2.38. The second-order valence-corrected chi connectivity index (χ2v) is 7.65. The second kappa shape index (κ2) is 7.88. The summed E-state index contributed by atoms with van der Waals surface area (Å²) in [6.07, 6.45) is 5.37. The molecule has 1 amide bonds. The van der Waals surface area contributed by atoms with Crippen molar-refractivity contribution in [3.05, 3.63) is 17.6 Å². The number of anilines is 1. The van der Waals surface area contributed by atoms with Gasteiger partial charge in [-0.15, -0.1) is 0 Å². The molecule has 0 saturated carbocycles. The second-order valence-electron chi connectivity index (χ2n) is 7.65. The Hall–Kier alpha value is -1.73. The van der Waals surface area contributed by atoms with Gasteiger partial charge < -0.3 is 19.4 Å². The number of hydrogen-bond acceptors (Lipinski definition) is 6. The van der Waals surface area contributed by atoms with Crippen molar-refractivity contribution in [2.24, 2.45) is 5.92 Å². The fourth-order valence-electron chi connectivity index (χ4n) is 4.25. The predicted octanol–water partition coefficient (Wildman–Crippen LogP) is 0.582. The zero-order valence-corrected chi connectivity index (χ0v) is 15.7. The number of ether oxygens (including phenoxy) is 1. The van der Waals surface area contributed by atoms with Crippen LogP contribution < -0.4 is 4.90 Å². The normalized spacial score (nSPS) is 24.9. The summed E-state index contributed by atoms with van der Waals surface area (Å²) in [4.78, 5) is 28.8. The van der Waals surface area contributed by atoms with Gasteiger partial charge in [0.15, 0.2) is 0 Å². The van der Waals surface area contributed by atoms with Crippen LogP contribution in [0.3, 0.4) is 0 Å². The monoisotopic (exact) mass is 359 g/mol. The number of nitrogens with zero attached hydrogens (tertiary/aromatic N) is 5. The summed E-state index contributed by atoms with van der Waals surface area (Å²) in [6, 6.07) is 0. The zero-order chi connectivity index (χ0) is 17.9. The zero-order valence-electron chi connectivity index (χ0n) is 15.7. The van der Waals surface area contributed by atoms with Crippen molar-refractivity contribution in [1.82, 2.24) is 19.8 Å². The summed E-state index contributed by atoms with van der Waals surface area (Å²) < 4.78 is 5.40. The Morgan fingerprint density at radius 3 is 2.85 bits per heavy atom. The fraction of sp³-hybridized carbons (Fsp3) is 0.737. The molecule has 3 aliphatic rings. The molecule has 2 saturated heterocycles. The van der Waals surface area contributed by atoms with Gasteiger partial charge in [0.25, 0.3) is 0 Å². The van der Waals surface area contributed by atoms with Crippen LogP contribution in [-0.2, 0) is 22.4 Å². The average Bonchev–Trinajstić information content (AvgIpc) is 2.99. The molecule has 1 unspecified atom stereocenters. The summed E-state index contributed by atoms with van der Waals surface area (Å²) in [7, 11) is 2.18. The van der Waals surface area contributed by atoms with Crippen molar-refractivity contribution in [1.29, 1.82) is 0 Å². The van der Waals surface area contributed by atoms with E-state index in [9.17, 15) is 4.79 Å². The molecule has 1 atom stereocenters. The summed E-state index contributed by atoms with van der Waals surface area (Å²) in [5, 5.41) is 0. The lowest BCUT2D eigenvalue weighted by atomic mass is 10.1. The van der Waals surface area contributed by atoms with Crippen LogP contribution in [0.15, 0.2) is 6.33 Å². The van der Waals surface area contributed by atoms with Gasteiger partial charge in [-0.1, -0.05) is 0 Å². The van der Waals surface area contributed by atoms with Gasteiger partial charge in [-0.05, 0) is 32.9 Å². The maximum absolute atomic E-state index is 12.8. The molecule has 0 radical (unpaired) electrons. The van der Waals surface area contributed by atoms with E-state index in [1.807, 2.05) is 4.90 Å². The highest BCUT2D eigenvalue weighted by atomic mass is 16.5. The van der Waals surface area contributed by atoms with Crippen molar-refractivity contribution in [3.63, 3.8) is 0 Å². The molecule has 3 aliphatic heterocycles. The number of carbonyl (C=O) groups excluding carboxylic acids is 1. The van der Waals surface area contributed by atoms with E-state index in [-0.39, 0.29) is 11.8 Å². The molecule has 0 aliphatic carbocycles. The Bertz CT molecular complexity index is 647. The van der Waals surface area contributed by atoms with Crippen LogP contribution in [0.4, 0.5) is 5.82 Å². The molecular formula is C19H29N5O2. The number of amides is 1. The summed E-state index contributed by atoms with van der Waals surface area (Å²) in [6.45, 7) is 7.04. The molecule has 2 fully saturated rings. The lowest BCUT2D eigenvalue weighted by Gasteiger charge is -2.25. The first-order valence-electron chi connectivity index (χ1n) is 9.85. The highest BCUT2D eigenvalue weighted by Crippen LogP contribution is 2.26. The highest BCUT2D eigenvalue weighted by Gasteiger charge is 2.30. The first kappa shape index (κ1) is 17.7. The van der Waals surface area contributed by atoms with Gasteiger partial charge in [-0.3, -0.25) is 4.79 Å². The van der Waals surface area contributed by atoms with Gasteiger partial charge in [-0.2, -0.15) is 0 Å². The number of aromatic nitrogens is 2. The molecular weight excluding hydrogens is 330 g/mol. The first-order valence-corrected chi connectivity index (χ1v) is 9.85. The lowest BCUT2D eigenvalue weighted by molar-refractivity contribution is -0.135. The van der Waals surface area contributed by atoms with E-state index in [4.69, 9.17) is 4.74 Å². The maximum Gasteiger partial charge on any atom is 0.228 e. The molecule has 0 N–H and O–H groups in total. The molecule has 142 valence electrons. The molecule has 7 heteroatoms. The van der Waals surface area contributed by atoms with Crippen LogP contribution in [-0.4, -0.2) is 85.2 Å². The number of carbonyl (C=O) groups is 1. The van der Waals surface area contributed by atoms with Gasteiger partial charge in [0.2, 0.25) is 5.91 Å². The van der Waals surface area contributed by atoms with Crippen molar-refractivity contribution in [2.75, 3.05) is 64.4 Å². The molecule has 0 aromatic carbocycles. The van der Waals surface area contributed by atoms with Crippen molar-refractivity contribution in [2.45, 2.75) is 25.7 Å². The molecule has 26 heavy (non-hydrogen) atoms. The third-order valence-electron chi connectivity index (χ3n) is 5.87. The van der Waals surface area contributed by atoms with Crippen LogP contribution in [0.2, 0.25) is 0 Å². The van der Waals surface area contributed by atoms with E-state index < -0.39 is 0 Å². The van der Waals surface area contributed by atoms with Crippen LogP contribution in [0.25, 0.3) is 0 Å². The third kappa shape index (κ3) is 3.69. The van der Waals surface area contributed by atoms with Crippen LogP contribution >= 0.6 is 0 Å². The Kier molecular flexibility index (Phi) is 5.36. The first-order chi connectivity index (χ1) is 12.7. The SMILES string of the molecule is CN1CCCN(c2ncnc3c2CCN(C(=O)C2CCOC2)CC3)CC1. The van der Waals surface area contributed by atoms with E-state index >= 15 is 0 Å². The molecule has 1 aromatic heterocycles. The Labute approximate surface area is 155 Å². The van der Waals surface area contributed by atoms with Crippen molar-refractivity contribution in [3.8, 4) is 0 Å². The molecule has 4 rings (SSSR count). The predicted molar refractivity (Wildman–Crippen MR) is 99.3 cm³/mol. The summed E-state index contributed by atoms with van der Waals surface area (Å²) >= 11 is 0. The number of fused-ring (bicyclic) bond motifs is 1. The number of hydrogen-bond donors (Lipinski definition) is 0. The maximum atomic E-state index is 12.8. The highest BCUT2D eigenvalue weighted by molar-refractivity contribution is 5.79. The molecule has 0 spiro atoms. The van der Waals surface area contributed by atoms with Gasteiger partial charge in [0.1, 0.15) is 12.1 Å². The summed E-state index contributed by atoms with van der Waals surface area (Å²) in [5.41, 5.74) is 2.36. The average molecular weight is 359 g/mol. The smallest absolute Gasteiger partial charge is 0.228 e.